The number of methoxy groups -OCH3 is 2. The van der Waals surface area contributed by atoms with Gasteiger partial charge in [-0.05, 0) is 0 Å². The number of nitrogens with one attached hydrogen (secondary N) is 1. The molecule has 0 saturated heterocycles. The number of aromatic carboxylic acids is 1. The Morgan fingerprint density at radius 3 is 2.56 bits per heavy atom. The van der Waals surface area contributed by atoms with E-state index in [0.29, 0.717) is 24.7 Å². The molecule has 0 radical (unpaired) electrons. The fraction of sp³-hybridized carbons (Fsp3) is 0.364. The van der Waals surface area contributed by atoms with Crippen LogP contribution < -0.4 is 20.7 Å². The van der Waals surface area contributed by atoms with E-state index in [1.807, 2.05) is 0 Å². The lowest BCUT2D eigenvalue weighted by molar-refractivity contribution is 0.0697. The minimum Gasteiger partial charge on any atom is -0.493 e. The van der Waals surface area contributed by atoms with Crippen LogP contribution in [0.15, 0.2) is 12.1 Å². The zero-order valence-electron chi connectivity index (χ0n) is 10.2. The van der Waals surface area contributed by atoms with Gasteiger partial charge in [0.05, 0.1) is 25.0 Å². The predicted molar refractivity (Wildman–Crippen MR) is 65.1 cm³/mol. The van der Waals surface area contributed by atoms with E-state index < -0.39 is 5.97 Å². The van der Waals surface area contributed by atoms with Crippen LogP contribution in [0.3, 0.4) is 0 Å². The Morgan fingerprint density at radius 2 is 2.06 bits per heavy atom. The van der Waals surface area contributed by atoms with Gasteiger partial charge < -0.3 is 24.7 Å². The Balaban J connectivity index is 3.05. The van der Waals surface area contributed by atoms with Crippen molar-refractivity contribution in [3.05, 3.63) is 17.7 Å². The first-order valence-electron chi connectivity index (χ1n) is 5.17. The number of hydrogen-bond donors (Lipinski definition) is 3. The molecule has 4 N–H and O–H groups in total. The molecule has 1 aromatic carbocycles. The van der Waals surface area contributed by atoms with E-state index in [0.717, 1.165) is 0 Å². The Kier molecular flexibility index (Phi) is 5.22. The highest BCUT2D eigenvalue weighted by atomic mass is 16.5. The van der Waals surface area contributed by atoms with E-state index in [9.17, 15) is 4.79 Å². The lowest BCUT2D eigenvalue weighted by Crippen LogP contribution is -2.13. The normalized spacial score (nSPS) is 9.94. The Labute approximate surface area is 104 Å². The van der Waals surface area contributed by atoms with Gasteiger partial charge in [0.1, 0.15) is 6.61 Å². The maximum Gasteiger partial charge on any atom is 0.337 e. The lowest BCUT2D eigenvalue weighted by atomic mass is 10.1. The summed E-state index contributed by atoms with van der Waals surface area (Å²) in [6, 6.07) is 2.82. The summed E-state index contributed by atoms with van der Waals surface area (Å²) in [5, 5.41) is 9.01. The first-order chi connectivity index (χ1) is 8.63. The third-order valence-corrected chi connectivity index (χ3v) is 2.23. The summed E-state index contributed by atoms with van der Waals surface area (Å²) >= 11 is 0. The molecule has 18 heavy (non-hydrogen) atoms. The number of anilines is 1. The molecule has 0 aliphatic heterocycles. The Bertz CT molecular complexity index is 422. The number of carboxylic acids is 1. The Morgan fingerprint density at radius 1 is 1.33 bits per heavy atom. The van der Waals surface area contributed by atoms with Crippen LogP contribution >= 0.6 is 0 Å². The van der Waals surface area contributed by atoms with Gasteiger partial charge in [-0.3, -0.25) is 5.84 Å². The molecule has 0 bridgehead atoms. The van der Waals surface area contributed by atoms with Crippen molar-refractivity contribution < 1.29 is 24.1 Å². The molecule has 0 unspecified atom stereocenters. The molecule has 1 rings (SSSR count). The number of nitrogens with two attached hydrogens (primary N) is 1. The van der Waals surface area contributed by atoms with Crippen LogP contribution in [0.2, 0.25) is 0 Å². The number of benzene rings is 1. The van der Waals surface area contributed by atoms with Gasteiger partial charge in [0, 0.05) is 19.2 Å². The van der Waals surface area contributed by atoms with Gasteiger partial charge in [0.2, 0.25) is 0 Å². The molecule has 0 aromatic heterocycles. The second-order valence-corrected chi connectivity index (χ2v) is 3.34. The van der Waals surface area contributed by atoms with Crippen molar-refractivity contribution in [2.24, 2.45) is 5.84 Å². The van der Waals surface area contributed by atoms with Gasteiger partial charge in [0.25, 0.3) is 0 Å². The average molecular weight is 256 g/mol. The van der Waals surface area contributed by atoms with Crippen LogP contribution in [0.1, 0.15) is 10.4 Å². The molecule has 0 fully saturated rings. The molecule has 0 heterocycles. The molecule has 0 aliphatic carbocycles. The van der Waals surface area contributed by atoms with Crippen LogP contribution in [0.25, 0.3) is 0 Å². The highest BCUT2D eigenvalue weighted by molar-refractivity contribution is 5.95. The van der Waals surface area contributed by atoms with Crippen molar-refractivity contribution in [2.75, 3.05) is 32.9 Å². The monoisotopic (exact) mass is 256 g/mol. The number of hydrogen-bond acceptors (Lipinski definition) is 6. The maximum absolute atomic E-state index is 11.0. The molecule has 0 atom stereocenters. The van der Waals surface area contributed by atoms with Crippen molar-refractivity contribution in [1.29, 1.82) is 0 Å². The SMILES string of the molecule is COCCOc1cc(NN)c(C(=O)O)cc1OC. The molecule has 1 aromatic rings. The summed E-state index contributed by atoms with van der Waals surface area (Å²) in [7, 11) is 2.99. The molecule has 0 saturated carbocycles. The van der Waals surface area contributed by atoms with E-state index in [1.54, 1.807) is 7.11 Å². The van der Waals surface area contributed by atoms with Gasteiger partial charge in [-0.15, -0.1) is 0 Å². The maximum atomic E-state index is 11.0. The summed E-state index contributed by atoms with van der Waals surface area (Å²) in [5.41, 5.74) is 2.57. The number of hydrazine groups is 1. The number of carboxylic acid groups (broad SMARTS) is 1. The van der Waals surface area contributed by atoms with Crippen LogP contribution in [0, 0.1) is 0 Å². The fourth-order valence-electron chi connectivity index (χ4n) is 1.36. The van der Waals surface area contributed by atoms with Gasteiger partial charge in [-0.25, -0.2) is 4.79 Å². The largest absolute Gasteiger partial charge is 0.493 e. The van der Waals surface area contributed by atoms with E-state index in [4.69, 9.17) is 25.2 Å². The Hall–Kier alpha value is -1.99. The summed E-state index contributed by atoms with van der Waals surface area (Å²) in [6.45, 7) is 0.735. The molecular weight excluding hydrogens is 240 g/mol. The first kappa shape index (κ1) is 14.1. The van der Waals surface area contributed by atoms with Crippen molar-refractivity contribution in [2.45, 2.75) is 0 Å². The number of nitrogen functional groups attached to an aromatic ring is 1. The number of rotatable bonds is 7. The second-order valence-electron chi connectivity index (χ2n) is 3.34. The van der Waals surface area contributed by atoms with E-state index in [2.05, 4.69) is 5.43 Å². The topological polar surface area (TPSA) is 103 Å². The molecule has 0 spiro atoms. The van der Waals surface area contributed by atoms with Crippen molar-refractivity contribution in [1.82, 2.24) is 0 Å². The van der Waals surface area contributed by atoms with E-state index >= 15 is 0 Å². The van der Waals surface area contributed by atoms with Crippen molar-refractivity contribution in [3.8, 4) is 11.5 Å². The third-order valence-electron chi connectivity index (χ3n) is 2.23. The summed E-state index contributed by atoms with van der Waals surface area (Å²) in [6.07, 6.45) is 0. The summed E-state index contributed by atoms with van der Waals surface area (Å²) < 4.78 is 15.3. The fourth-order valence-corrected chi connectivity index (χ4v) is 1.36. The van der Waals surface area contributed by atoms with Crippen LogP contribution in [0.5, 0.6) is 11.5 Å². The zero-order chi connectivity index (χ0) is 13.5. The standard InChI is InChI=1S/C11H16N2O5/c1-16-3-4-18-10-6-8(13-12)7(11(14)15)5-9(10)17-2/h5-6,13H,3-4,12H2,1-2H3,(H,14,15). The van der Waals surface area contributed by atoms with E-state index in [1.165, 1.54) is 19.2 Å². The van der Waals surface area contributed by atoms with E-state index in [-0.39, 0.29) is 11.3 Å². The van der Waals surface area contributed by atoms with Crippen molar-refractivity contribution in [3.63, 3.8) is 0 Å². The number of ether oxygens (including phenoxy) is 3. The molecule has 0 aliphatic rings. The number of carbonyl (C=O) groups is 1. The molecule has 7 heteroatoms. The highest BCUT2D eigenvalue weighted by Gasteiger charge is 2.15. The van der Waals surface area contributed by atoms with Gasteiger partial charge >= 0.3 is 5.97 Å². The second kappa shape index (κ2) is 6.67. The highest BCUT2D eigenvalue weighted by Crippen LogP contribution is 2.33. The third kappa shape index (κ3) is 3.25. The van der Waals surface area contributed by atoms with Gasteiger partial charge in [0.15, 0.2) is 11.5 Å². The van der Waals surface area contributed by atoms with Crippen LogP contribution in [0.4, 0.5) is 5.69 Å². The van der Waals surface area contributed by atoms with Gasteiger partial charge in [-0.2, -0.15) is 0 Å². The van der Waals surface area contributed by atoms with Crippen molar-refractivity contribution >= 4 is 11.7 Å². The predicted octanol–water partition coefficient (Wildman–Crippen LogP) is 0.704. The molecule has 7 nitrogen and oxygen atoms in total. The summed E-state index contributed by atoms with van der Waals surface area (Å²) in [5.74, 6) is 4.88. The first-order valence-corrected chi connectivity index (χ1v) is 5.17. The minimum absolute atomic E-state index is 0.00782. The average Bonchev–Trinajstić information content (AvgIpc) is 2.38. The molecular formula is C11H16N2O5. The molecule has 100 valence electrons. The van der Waals surface area contributed by atoms with Crippen LogP contribution in [-0.2, 0) is 4.74 Å². The minimum atomic E-state index is -1.11. The lowest BCUT2D eigenvalue weighted by Gasteiger charge is -2.14. The zero-order valence-corrected chi connectivity index (χ0v) is 10.2. The molecule has 0 amide bonds. The van der Waals surface area contributed by atoms with Crippen LogP contribution in [-0.4, -0.2) is 38.5 Å². The summed E-state index contributed by atoms with van der Waals surface area (Å²) in [4.78, 5) is 11.0. The smallest absolute Gasteiger partial charge is 0.337 e. The van der Waals surface area contributed by atoms with Gasteiger partial charge in [-0.1, -0.05) is 0 Å². The quantitative estimate of drug-likeness (QED) is 0.375.